The third-order valence-corrected chi connectivity index (χ3v) is 4.66. The molecule has 3 atom stereocenters. The largest absolute Gasteiger partial charge is 0.348 e. The number of hydrogen-bond donors (Lipinski definition) is 2. The molecule has 5 heteroatoms. The van der Waals surface area contributed by atoms with Gasteiger partial charge in [-0.1, -0.05) is 0 Å². The Kier molecular flexibility index (Phi) is 2.57. The normalized spacial score (nSPS) is 28.1. The molecule has 1 saturated heterocycles. The highest BCUT2D eigenvalue weighted by atomic mass is 16.1. The van der Waals surface area contributed by atoms with Gasteiger partial charge in [0.15, 0.2) is 0 Å². The minimum Gasteiger partial charge on any atom is -0.348 e. The van der Waals surface area contributed by atoms with E-state index in [1.54, 1.807) is 6.33 Å². The van der Waals surface area contributed by atoms with Crippen molar-refractivity contribution >= 4 is 11.4 Å². The summed E-state index contributed by atoms with van der Waals surface area (Å²) in [6.45, 7) is 3.05. The number of carbonyl (C=O) groups is 1. The fourth-order valence-corrected chi connectivity index (χ4v) is 3.52. The van der Waals surface area contributed by atoms with Gasteiger partial charge in [-0.05, 0) is 43.9 Å². The van der Waals surface area contributed by atoms with Crippen LogP contribution in [0, 0.1) is 12.8 Å². The van der Waals surface area contributed by atoms with Gasteiger partial charge < -0.3 is 15.0 Å². The molecule has 2 aliphatic rings. The number of aromatic nitrogens is 2. The molecule has 2 N–H and O–H groups in total. The van der Waals surface area contributed by atoms with Gasteiger partial charge in [-0.2, -0.15) is 0 Å². The molecule has 0 radical (unpaired) electrons. The molecule has 104 valence electrons. The van der Waals surface area contributed by atoms with Crippen molar-refractivity contribution in [3.63, 3.8) is 0 Å². The second-order valence-corrected chi connectivity index (χ2v) is 5.96. The molecule has 3 unspecified atom stereocenters. The van der Waals surface area contributed by atoms with Crippen molar-refractivity contribution in [1.82, 2.24) is 20.0 Å². The third-order valence-electron chi connectivity index (χ3n) is 4.66. The Hall–Kier alpha value is -1.88. The number of nitrogens with zero attached hydrogens (tertiary/aromatic N) is 2. The van der Waals surface area contributed by atoms with Crippen molar-refractivity contribution in [3.05, 3.63) is 35.9 Å². The Morgan fingerprint density at radius 3 is 3.10 bits per heavy atom. The average molecular weight is 270 g/mol. The minimum absolute atomic E-state index is 0.0519. The second kappa shape index (κ2) is 4.31. The van der Waals surface area contributed by atoms with Crippen LogP contribution in [0.3, 0.4) is 0 Å². The van der Waals surface area contributed by atoms with Crippen molar-refractivity contribution in [2.45, 2.75) is 31.8 Å². The van der Waals surface area contributed by atoms with E-state index in [1.165, 1.54) is 6.42 Å². The summed E-state index contributed by atoms with van der Waals surface area (Å²) in [6.07, 6.45) is 3.96. The van der Waals surface area contributed by atoms with Gasteiger partial charge in [0.05, 0.1) is 0 Å². The van der Waals surface area contributed by atoms with Crippen LogP contribution in [-0.4, -0.2) is 33.9 Å². The lowest BCUT2D eigenvalue weighted by Gasteiger charge is -2.23. The first-order valence-corrected chi connectivity index (χ1v) is 7.18. The zero-order valence-electron chi connectivity index (χ0n) is 11.5. The summed E-state index contributed by atoms with van der Waals surface area (Å²) in [5, 5.41) is 6.60. The summed E-state index contributed by atoms with van der Waals surface area (Å²) in [7, 11) is 0. The lowest BCUT2D eigenvalue weighted by Crippen LogP contribution is -2.44. The van der Waals surface area contributed by atoms with Gasteiger partial charge in [0, 0.05) is 29.8 Å². The van der Waals surface area contributed by atoms with Crippen molar-refractivity contribution < 1.29 is 4.79 Å². The number of rotatable bonds is 2. The number of fused-ring (bicyclic) bond motifs is 3. The summed E-state index contributed by atoms with van der Waals surface area (Å²) >= 11 is 0. The van der Waals surface area contributed by atoms with Gasteiger partial charge in [-0.3, -0.25) is 4.79 Å². The topological polar surface area (TPSA) is 58.4 Å². The van der Waals surface area contributed by atoms with E-state index in [-0.39, 0.29) is 5.91 Å². The molecule has 1 aliphatic carbocycles. The van der Waals surface area contributed by atoms with E-state index in [1.807, 2.05) is 29.5 Å². The zero-order chi connectivity index (χ0) is 13.7. The molecular formula is C15H18N4O. The van der Waals surface area contributed by atoms with Crippen LogP contribution in [0.2, 0.25) is 0 Å². The average Bonchev–Trinajstić information content (AvgIpc) is 3.14. The highest BCUT2D eigenvalue weighted by molar-refractivity contribution is 5.93. The fourth-order valence-electron chi connectivity index (χ4n) is 3.52. The Bertz CT molecular complexity index is 678. The van der Waals surface area contributed by atoms with Gasteiger partial charge in [-0.15, -0.1) is 0 Å². The minimum atomic E-state index is -0.0519. The van der Waals surface area contributed by atoms with E-state index in [9.17, 15) is 4.79 Å². The third kappa shape index (κ3) is 1.81. The highest BCUT2D eigenvalue weighted by Gasteiger charge is 2.40. The molecule has 2 aromatic rings. The lowest BCUT2D eigenvalue weighted by molar-refractivity contribution is 0.0920. The van der Waals surface area contributed by atoms with Gasteiger partial charge in [-0.25, -0.2) is 4.98 Å². The van der Waals surface area contributed by atoms with E-state index in [0.717, 1.165) is 24.2 Å². The monoisotopic (exact) mass is 270 g/mol. The summed E-state index contributed by atoms with van der Waals surface area (Å²) in [5.41, 5.74) is 2.64. The van der Waals surface area contributed by atoms with Gasteiger partial charge in [0.25, 0.3) is 5.91 Å². The predicted molar refractivity (Wildman–Crippen MR) is 75.7 cm³/mol. The fraction of sp³-hybridized carbons (Fsp3) is 0.467. The Morgan fingerprint density at radius 2 is 2.35 bits per heavy atom. The summed E-state index contributed by atoms with van der Waals surface area (Å²) in [6, 6.07) is 6.79. The molecule has 2 fully saturated rings. The van der Waals surface area contributed by atoms with Crippen molar-refractivity contribution in [2.24, 2.45) is 5.92 Å². The van der Waals surface area contributed by atoms with E-state index in [4.69, 9.17) is 0 Å². The Labute approximate surface area is 117 Å². The summed E-state index contributed by atoms with van der Waals surface area (Å²) < 4.78 is 1.98. The van der Waals surface area contributed by atoms with E-state index in [2.05, 4.69) is 15.6 Å². The van der Waals surface area contributed by atoms with Crippen LogP contribution in [0.15, 0.2) is 24.5 Å². The van der Waals surface area contributed by atoms with Crippen LogP contribution < -0.4 is 10.6 Å². The molecule has 2 bridgehead atoms. The number of carbonyl (C=O) groups excluding carboxylic acids is 1. The predicted octanol–water partition coefficient (Wildman–Crippen LogP) is 1.12. The summed E-state index contributed by atoms with van der Waals surface area (Å²) in [4.78, 5) is 16.6. The molecular weight excluding hydrogens is 252 g/mol. The molecule has 1 saturated carbocycles. The first-order chi connectivity index (χ1) is 9.70. The zero-order valence-corrected chi connectivity index (χ0v) is 11.5. The molecule has 4 rings (SSSR count). The molecule has 0 spiro atoms. The SMILES string of the molecule is Cc1ccc2cc(C(=O)NC3CC4CC3CN4)ncn12. The summed E-state index contributed by atoms with van der Waals surface area (Å²) in [5.74, 6) is 0.534. The molecule has 2 aromatic heterocycles. The van der Waals surface area contributed by atoms with Crippen molar-refractivity contribution in [1.29, 1.82) is 0 Å². The van der Waals surface area contributed by atoms with Crippen LogP contribution in [0.25, 0.3) is 5.52 Å². The molecule has 3 heterocycles. The van der Waals surface area contributed by atoms with Crippen LogP contribution in [0.5, 0.6) is 0 Å². The Morgan fingerprint density at radius 1 is 1.45 bits per heavy atom. The molecule has 20 heavy (non-hydrogen) atoms. The molecule has 1 aliphatic heterocycles. The maximum Gasteiger partial charge on any atom is 0.270 e. The quantitative estimate of drug-likeness (QED) is 0.860. The second-order valence-electron chi connectivity index (χ2n) is 5.96. The molecule has 1 amide bonds. The van der Waals surface area contributed by atoms with Gasteiger partial charge >= 0.3 is 0 Å². The van der Waals surface area contributed by atoms with E-state index >= 15 is 0 Å². The highest BCUT2D eigenvalue weighted by Crippen LogP contribution is 2.31. The maximum absolute atomic E-state index is 12.3. The molecule has 5 nitrogen and oxygen atoms in total. The number of hydrogen-bond acceptors (Lipinski definition) is 3. The molecule has 0 aromatic carbocycles. The first-order valence-electron chi connectivity index (χ1n) is 7.18. The lowest BCUT2D eigenvalue weighted by atomic mass is 10.0. The number of piperidine rings is 1. The number of nitrogens with one attached hydrogen (secondary N) is 2. The van der Waals surface area contributed by atoms with Crippen LogP contribution in [0.1, 0.15) is 29.0 Å². The van der Waals surface area contributed by atoms with Crippen LogP contribution in [-0.2, 0) is 0 Å². The van der Waals surface area contributed by atoms with Crippen molar-refractivity contribution in [2.75, 3.05) is 6.54 Å². The van der Waals surface area contributed by atoms with Crippen LogP contribution in [0.4, 0.5) is 0 Å². The Balaban J connectivity index is 1.54. The van der Waals surface area contributed by atoms with Gasteiger partial charge in [0.1, 0.15) is 12.0 Å². The van der Waals surface area contributed by atoms with E-state index in [0.29, 0.717) is 23.7 Å². The standard InChI is InChI=1S/C15H18N4O/c1-9-2-3-12-6-14(17-8-19(9)12)15(20)18-13-5-11-4-10(13)7-16-11/h2-3,6,8,10-11,13,16H,4-5,7H2,1H3,(H,18,20). The maximum atomic E-state index is 12.3. The van der Waals surface area contributed by atoms with Crippen molar-refractivity contribution in [3.8, 4) is 0 Å². The van der Waals surface area contributed by atoms with E-state index < -0.39 is 0 Å². The number of aryl methyl sites for hydroxylation is 1. The van der Waals surface area contributed by atoms with Gasteiger partial charge in [0.2, 0.25) is 0 Å². The first kappa shape index (κ1) is 11.9. The van der Waals surface area contributed by atoms with Crippen LogP contribution >= 0.6 is 0 Å². The number of amides is 1. The smallest absolute Gasteiger partial charge is 0.270 e.